The van der Waals surface area contributed by atoms with Crippen LogP contribution in [0.2, 0.25) is 0 Å². The van der Waals surface area contributed by atoms with Gasteiger partial charge in [-0.3, -0.25) is 9.59 Å². The Morgan fingerprint density at radius 1 is 1.08 bits per heavy atom. The lowest BCUT2D eigenvalue weighted by atomic mass is 10.2. The average Bonchev–Trinajstić information content (AvgIpc) is 2.63. The summed E-state index contributed by atoms with van der Waals surface area (Å²) in [7, 11) is 0. The Morgan fingerprint density at radius 3 is 2.36 bits per heavy atom. The van der Waals surface area contributed by atoms with Crippen LogP contribution in [0.25, 0.3) is 0 Å². The summed E-state index contributed by atoms with van der Waals surface area (Å²) in [4.78, 5) is 28.5. The standard InChI is InChI=1S/C18H21FN4O2/c1-13-3-8-17(24)23(20-13)14(2)18(25)22-11-9-21(10-12-22)16-6-4-15(19)5-7-16/h3-8,14H,9-12H2,1-2H3. The molecule has 0 N–H and O–H groups in total. The second-order valence-corrected chi connectivity index (χ2v) is 6.22. The molecule has 1 aromatic carbocycles. The molecule has 1 unspecified atom stereocenters. The van der Waals surface area contributed by atoms with Gasteiger partial charge in [0.2, 0.25) is 5.91 Å². The van der Waals surface area contributed by atoms with Crippen molar-refractivity contribution in [3.63, 3.8) is 0 Å². The van der Waals surface area contributed by atoms with Crippen molar-refractivity contribution in [3.8, 4) is 0 Å². The maximum Gasteiger partial charge on any atom is 0.267 e. The van der Waals surface area contributed by atoms with Gasteiger partial charge in [0.05, 0.1) is 5.69 Å². The van der Waals surface area contributed by atoms with Crippen molar-refractivity contribution in [3.05, 3.63) is 58.3 Å². The number of amides is 1. The first-order valence-electron chi connectivity index (χ1n) is 8.31. The van der Waals surface area contributed by atoms with Gasteiger partial charge in [-0.2, -0.15) is 5.10 Å². The monoisotopic (exact) mass is 344 g/mol. The van der Waals surface area contributed by atoms with E-state index in [0.717, 1.165) is 5.69 Å². The van der Waals surface area contributed by atoms with Gasteiger partial charge < -0.3 is 9.80 Å². The maximum atomic E-state index is 13.0. The largest absolute Gasteiger partial charge is 0.368 e. The van der Waals surface area contributed by atoms with Crippen LogP contribution in [0.5, 0.6) is 0 Å². The number of hydrogen-bond donors (Lipinski definition) is 0. The summed E-state index contributed by atoms with van der Waals surface area (Å²) in [5.41, 5.74) is 1.36. The van der Waals surface area contributed by atoms with Crippen molar-refractivity contribution < 1.29 is 9.18 Å². The number of anilines is 1. The van der Waals surface area contributed by atoms with Gasteiger partial charge in [0.15, 0.2) is 0 Å². The molecule has 1 aliphatic heterocycles. The Hall–Kier alpha value is -2.70. The average molecular weight is 344 g/mol. The molecule has 0 aliphatic carbocycles. The Labute approximate surface area is 145 Å². The van der Waals surface area contributed by atoms with Crippen LogP contribution < -0.4 is 10.5 Å². The molecule has 1 fully saturated rings. The molecule has 1 amide bonds. The fourth-order valence-electron chi connectivity index (χ4n) is 3.00. The molecule has 2 heterocycles. The zero-order chi connectivity index (χ0) is 18.0. The van der Waals surface area contributed by atoms with E-state index >= 15 is 0 Å². The van der Waals surface area contributed by atoms with Gasteiger partial charge in [-0.15, -0.1) is 0 Å². The number of carbonyl (C=O) groups is 1. The molecule has 132 valence electrons. The fourth-order valence-corrected chi connectivity index (χ4v) is 3.00. The number of rotatable bonds is 3. The topological polar surface area (TPSA) is 58.4 Å². The lowest BCUT2D eigenvalue weighted by Gasteiger charge is -2.37. The smallest absolute Gasteiger partial charge is 0.267 e. The summed E-state index contributed by atoms with van der Waals surface area (Å²) in [5.74, 6) is -0.374. The van der Waals surface area contributed by atoms with Crippen LogP contribution in [0.15, 0.2) is 41.2 Å². The SMILES string of the molecule is Cc1ccc(=O)n(C(C)C(=O)N2CCN(c3ccc(F)cc3)CC2)n1. The zero-order valence-electron chi connectivity index (χ0n) is 14.4. The van der Waals surface area contributed by atoms with Gasteiger partial charge >= 0.3 is 0 Å². The van der Waals surface area contributed by atoms with Gasteiger partial charge in [-0.05, 0) is 44.2 Å². The number of aryl methyl sites for hydroxylation is 1. The number of hydrogen-bond acceptors (Lipinski definition) is 4. The molecule has 1 saturated heterocycles. The lowest BCUT2D eigenvalue weighted by molar-refractivity contribution is -0.135. The van der Waals surface area contributed by atoms with E-state index < -0.39 is 6.04 Å². The van der Waals surface area contributed by atoms with E-state index in [1.165, 1.54) is 22.9 Å². The van der Waals surface area contributed by atoms with Crippen molar-refractivity contribution >= 4 is 11.6 Å². The second-order valence-electron chi connectivity index (χ2n) is 6.22. The van der Waals surface area contributed by atoms with E-state index in [1.807, 2.05) is 0 Å². The quantitative estimate of drug-likeness (QED) is 0.849. The van der Waals surface area contributed by atoms with Crippen LogP contribution in [-0.4, -0.2) is 46.8 Å². The molecule has 0 radical (unpaired) electrons. The van der Waals surface area contributed by atoms with Gasteiger partial charge in [-0.1, -0.05) is 0 Å². The highest BCUT2D eigenvalue weighted by atomic mass is 19.1. The van der Waals surface area contributed by atoms with Crippen LogP contribution in [-0.2, 0) is 4.79 Å². The van der Waals surface area contributed by atoms with Gasteiger partial charge in [0, 0.05) is 37.9 Å². The van der Waals surface area contributed by atoms with Crippen LogP contribution in [0.3, 0.4) is 0 Å². The highest BCUT2D eigenvalue weighted by Gasteiger charge is 2.27. The van der Waals surface area contributed by atoms with Crippen LogP contribution in [0.1, 0.15) is 18.7 Å². The molecule has 25 heavy (non-hydrogen) atoms. The normalized spacial score (nSPS) is 16.0. The Morgan fingerprint density at radius 2 is 1.72 bits per heavy atom. The lowest BCUT2D eigenvalue weighted by Crippen LogP contribution is -2.51. The molecule has 6 nitrogen and oxygen atoms in total. The minimum Gasteiger partial charge on any atom is -0.368 e. The molecule has 0 saturated carbocycles. The Balaban J connectivity index is 1.66. The van der Waals surface area contributed by atoms with Crippen molar-refractivity contribution in [1.29, 1.82) is 0 Å². The van der Waals surface area contributed by atoms with E-state index in [-0.39, 0.29) is 17.3 Å². The Kier molecular flexibility index (Phi) is 4.83. The number of benzene rings is 1. The number of aromatic nitrogens is 2. The van der Waals surface area contributed by atoms with Crippen molar-refractivity contribution in [1.82, 2.24) is 14.7 Å². The summed E-state index contributed by atoms with van der Waals surface area (Å²) in [6.45, 7) is 5.93. The third-order valence-electron chi connectivity index (χ3n) is 4.47. The highest BCUT2D eigenvalue weighted by Crippen LogP contribution is 2.18. The molecule has 1 aromatic heterocycles. The molecular formula is C18H21FN4O2. The molecule has 7 heteroatoms. The predicted molar refractivity (Wildman–Crippen MR) is 93.1 cm³/mol. The van der Waals surface area contributed by atoms with Crippen LogP contribution >= 0.6 is 0 Å². The summed E-state index contributed by atoms with van der Waals surface area (Å²) >= 11 is 0. The minimum absolute atomic E-state index is 0.112. The minimum atomic E-state index is -0.634. The van der Waals surface area contributed by atoms with Crippen molar-refractivity contribution in [2.45, 2.75) is 19.9 Å². The van der Waals surface area contributed by atoms with Crippen molar-refractivity contribution in [2.75, 3.05) is 31.1 Å². The first-order chi connectivity index (χ1) is 12.0. The first-order valence-corrected chi connectivity index (χ1v) is 8.31. The van der Waals surface area contributed by atoms with Gasteiger partial charge in [0.25, 0.3) is 5.56 Å². The molecule has 3 rings (SSSR count). The van der Waals surface area contributed by atoms with Crippen molar-refractivity contribution in [2.24, 2.45) is 0 Å². The number of halogens is 1. The first kappa shape index (κ1) is 17.1. The number of piperazine rings is 1. The van der Waals surface area contributed by atoms with E-state index in [1.54, 1.807) is 36.9 Å². The van der Waals surface area contributed by atoms with Crippen LogP contribution in [0.4, 0.5) is 10.1 Å². The highest BCUT2D eigenvalue weighted by molar-refractivity contribution is 5.80. The number of carbonyl (C=O) groups excluding carboxylic acids is 1. The summed E-state index contributed by atoms with van der Waals surface area (Å²) in [6.07, 6.45) is 0. The van der Waals surface area contributed by atoms with E-state index in [2.05, 4.69) is 10.00 Å². The maximum absolute atomic E-state index is 13.0. The van der Waals surface area contributed by atoms with E-state index in [9.17, 15) is 14.0 Å². The molecule has 1 aliphatic rings. The molecule has 0 bridgehead atoms. The third kappa shape index (κ3) is 3.70. The molecule has 1 atom stereocenters. The fraction of sp³-hybridized carbons (Fsp3) is 0.389. The molecular weight excluding hydrogens is 323 g/mol. The van der Waals surface area contributed by atoms with E-state index in [0.29, 0.717) is 31.9 Å². The zero-order valence-corrected chi connectivity index (χ0v) is 14.4. The molecule has 0 spiro atoms. The summed E-state index contributed by atoms with van der Waals surface area (Å²) < 4.78 is 14.3. The van der Waals surface area contributed by atoms with Gasteiger partial charge in [0.1, 0.15) is 11.9 Å². The summed E-state index contributed by atoms with van der Waals surface area (Å²) in [5, 5.41) is 4.17. The van der Waals surface area contributed by atoms with Crippen LogP contribution in [0, 0.1) is 12.7 Å². The second kappa shape index (κ2) is 7.04. The van der Waals surface area contributed by atoms with E-state index in [4.69, 9.17) is 0 Å². The molecule has 2 aromatic rings. The predicted octanol–water partition coefficient (Wildman–Crippen LogP) is 1.60. The summed E-state index contributed by atoms with van der Waals surface area (Å²) in [6, 6.07) is 8.79. The number of nitrogens with zero attached hydrogens (tertiary/aromatic N) is 4. The van der Waals surface area contributed by atoms with Gasteiger partial charge in [-0.25, -0.2) is 9.07 Å². The Bertz CT molecular complexity index is 811. The third-order valence-corrected chi connectivity index (χ3v) is 4.47.